The maximum absolute atomic E-state index is 14.4. The number of ether oxygens (including phenoxy) is 2. The summed E-state index contributed by atoms with van der Waals surface area (Å²) in [6.07, 6.45) is -4.79. The van der Waals surface area contributed by atoms with Crippen LogP contribution in [-0.4, -0.2) is 41.8 Å². The number of carbonyl (C=O) groups excluding carboxylic acids is 1. The summed E-state index contributed by atoms with van der Waals surface area (Å²) in [5, 5.41) is 3.54. The highest BCUT2D eigenvalue weighted by atomic mass is 35.5. The Kier molecular flexibility index (Phi) is 7.66. The minimum Gasteiger partial charge on any atom is -0.463 e. The fourth-order valence-electron chi connectivity index (χ4n) is 2.23. The van der Waals surface area contributed by atoms with Crippen molar-refractivity contribution >= 4 is 29.3 Å². The van der Waals surface area contributed by atoms with E-state index in [-0.39, 0.29) is 34.4 Å². The summed E-state index contributed by atoms with van der Waals surface area (Å²) >= 11 is 6.89. The molecule has 0 fully saturated rings. The molecule has 0 atom stereocenters. The Bertz CT molecular complexity index is 966. The molecule has 0 amide bonds. The molecule has 12 heteroatoms. The molecule has 0 aliphatic heterocycles. The zero-order chi connectivity index (χ0) is 21.8. The van der Waals surface area contributed by atoms with E-state index in [0.29, 0.717) is 10.7 Å². The molecule has 158 valence electrons. The van der Waals surface area contributed by atoms with E-state index in [1.165, 1.54) is 7.11 Å². The molecule has 0 N–H and O–H groups in total. The van der Waals surface area contributed by atoms with E-state index in [1.807, 2.05) is 0 Å². The van der Waals surface area contributed by atoms with Crippen LogP contribution >= 0.6 is 23.4 Å². The third kappa shape index (κ3) is 5.94. The van der Waals surface area contributed by atoms with Gasteiger partial charge in [0.25, 0.3) is 0 Å². The Balaban J connectivity index is 2.33. The van der Waals surface area contributed by atoms with Crippen LogP contribution in [-0.2, 0) is 27.5 Å². The number of aryl methyl sites for hydroxylation is 1. The Labute approximate surface area is 171 Å². The van der Waals surface area contributed by atoms with E-state index >= 15 is 0 Å². The van der Waals surface area contributed by atoms with E-state index in [9.17, 15) is 27.2 Å². The summed E-state index contributed by atoms with van der Waals surface area (Å²) in [5.74, 6) is -1.67. The summed E-state index contributed by atoms with van der Waals surface area (Å²) in [4.78, 5) is 24.0. The Morgan fingerprint density at radius 3 is 2.59 bits per heavy atom. The highest BCUT2D eigenvalue weighted by Crippen LogP contribution is 2.33. The summed E-state index contributed by atoms with van der Waals surface area (Å²) in [7, 11) is 2.44. The van der Waals surface area contributed by atoms with Gasteiger partial charge in [0, 0.05) is 30.7 Å². The van der Waals surface area contributed by atoms with Gasteiger partial charge in [0.1, 0.15) is 23.8 Å². The molecule has 1 aromatic heterocycles. The van der Waals surface area contributed by atoms with Gasteiger partial charge in [0.2, 0.25) is 5.43 Å². The Morgan fingerprint density at radius 1 is 1.28 bits per heavy atom. The van der Waals surface area contributed by atoms with Crippen molar-refractivity contribution in [2.75, 3.05) is 26.1 Å². The van der Waals surface area contributed by atoms with Gasteiger partial charge in [-0.25, -0.2) is 4.39 Å². The van der Waals surface area contributed by atoms with Crippen molar-refractivity contribution in [2.24, 2.45) is 7.05 Å². The maximum atomic E-state index is 14.4. The molecular weight excluding hydrogens is 440 g/mol. The minimum atomic E-state index is -4.79. The summed E-state index contributed by atoms with van der Waals surface area (Å²) < 4.78 is 63.1. The van der Waals surface area contributed by atoms with Crippen molar-refractivity contribution in [2.45, 2.75) is 11.1 Å². The van der Waals surface area contributed by atoms with Gasteiger partial charge in [0.15, 0.2) is 0 Å². The molecule has 0 aliphatic rings. The first-order valence-electron chi connectivity index (χ1n) is 7.97. The summed E-state index contributed by atoms with van der Waals surface area (Å²) in [6, 6.07) is 2.40. The molecule has 0 bridgehead atoms. The van der Waals surface area contributed by atoms with Crippen LogP contribution in [0.15, 0.2) is 27.9 Å². The van der Waals surface area contributed by atoms with Gasteiger partial charge in [-0.05, 0) is 12.1 Å². The topological polar surface area (TPSA) is 70.4 Å². The number of methoxy groups -OCH3 is 1. The predicted molar refractivity (Wildman–Crippen MR) is 98.4 cm³/mol. The number of thioether (sulfide) groups is 1. The van der Waals surface area contributed by atoms with Crippen molar-refractivity contribution in [1.82, 2.24) is 9.78 Å². The number of aromatic nitrogens is 2. The number of benzene rings is 1. The van der Waals surface area contributed by atoms with Crippen molar-refractivity contribution in [3.63, 3.8) is 0 Å². The first-order chi connectivity index (χ1) is 13.5. The second-order valence-electron chi connectivity index (χ2n) is 5.63. The van der Waals surface area contributed by atoms with Crippen LogP contribution in [0.1, 0.15) is 5.69 Å². The van der Waals surface area contributed by atoms with E-state index in [4.69, 9.17) is 21.1 Å². The fraction of sp³-hybridized carbons (Fsp3) is 0.353. The molecule has 2 aromatic rings. The smallest absolute Gasteiger partial charge is 0.433 e. The molecule has 6 nitrogen and oxygen atoms in total. The van der Waals surface area contributed by atoms with Crippen molar-refractivity contribution in [3.8, 4) is 11.3 Å². The lowest BCUT2D eigenvalue weighted by molar-refractivity contribution is -0.144. The van der Waals surface area contributed by atoms with Crippen LogP contribution in [0.3, 0.4) is 0 Å². The average molecular weight is 455 g/mol. The molecule has 0 aliphatic carbocycles. The lowest BCUT2D eigenvalue weighted by Gasteiger charge is -2.13. The summed E-state index contributed by atoms with van der Waals surface area (Å²) in [5.41, 5.74) is -3.22. The first kappa shape index (κ1) is 23.2. The highest BCUT2D eigenvalue weighted by Gasteiger charge is 2.34. The molecule has 0 spiro atoms. The third-order valence-electron chi connectivity index (χ3n) is 3.56. The average Bonchev–Trinajstić information content (AvgIpc) is 2.62. The van der Waals surface area contributed by atoms with Gasteiger partial charge in [-0.2, -0.15) is 18.3 Å². The molecule has 29 heavy (non-hydrogen) atoms. The van der Waals surface area contributed by atoms with E-state index in [1.54, 1.807) is 0 Å². The molecule has 1 heterocycles. The van der Waals surface area contributed by atoms with Crippen LogP contribution in [0.4, 0.5) is 17.6 Å². The van der Waals surface area contributed by atoms with Gasteiger partial charge in [-0.3, -0.25) is 14.3 Å². The largest absolute Gasteiger partial charge is 0.463 e. The SMILES string of the molecule is COCCOC(=O)CSc1cc(-c2nn(C)c(C(F)(F)F)cc2=O)c(F)cc1Cl. The normalized spacial score (nSPS) is 11.6. The molecule has 0 saturated carbocycles. The number of alkyl halides is 3. The monoisotopic (exact) mass is 454 g/mol. The van der Waals surface area contributed by atoms with Crippen molar-refractivity contribution in [3.05, 3.63) is 45.0 Å². The number of hydrogen-bond acceptors (Lipinski definition) is 6. The first-order valence-corrected chi connectivity index (χ1v) is 9.33. The fourth-order valence-corrected chi connectivity index (χ4v) is 3.30. The molecule has 1 aromatic carbocycles. The Hall–Kier alpha value is -2.11. The number of hydrogen-bond donors (Lipinski definition) is 0. The van der Waals surface area contributed by atoms with Crippen LogP contribution in [0, 0.1) is 5.82 Å². The number of halogens is 5. The van der Waals surface area contributed by atoms with Crippen molar-refractivity contribution in [1.29, 1.82) is 0 Å². The minimum absolute atomic E-state index is 0.0373. The van der Waals surface area contributed by atoms with Gasteiger partial charge in [-0.15, -0.1) is 11.8 Å². The zero-order valence-corrected chi connectivity index (χ0v) is 16.8. The van der Waals surface area contributed by atoms with Gasteiger partial charge < -0.3 is 9.47 Å². The van der Waals surface area contributed by atoms with Gasteiger partial charge in [-0.1, -0.05) is 11.6 Å². The van der Waals surface area contributed by atoms with Crippen LogP contribution < -0.4 is 5.43 Å². The predicted octanol–water partition coefficient (Wildman–Crippen LogP) is 3.54. The Morgan fingerprint density at radius 2 is 1.97 bits per heavy atom. The third-order valence-corrected chi connectivity index (χ3v) is 5.02. The maximum Gasteiger partial charge on any atom is 0.433 e. The zero-order valence-electron chi connectivity index (χ0n) is 15.2. The van der Waals surface area contributed by atoms with Gasteiger partial charge in [0.05, 0.1) is 17.4 Å². The van der Waals surface area contributed by atoms with Gasteiger partial charge >= 0.3 is 12.1 Å². The van der Waals surface area contributed by atoms with Crippen LogP contribution in [0.5, 0.6) is 0 Å². The summed E-state index contributed by atoms with van der Waals surface area (Å²) in [6.45, 7) is 0.282. The molecule has 0 radical (unpaired) electrons. The van der Waals surface area contributed by atoms with E-state index < -0.39 is 34.8 Å². The molecule has 0 unspecified atom stereocenters. The molecule has 2 rings (SSSR count). The quantitative estimate of drug-likeness (QED) is 0.276. The molecule has 0 saturated heterocycles. The number of nitrogens with zero attached hydrogens (tertiary/aromatic N) is 2. The lowest BCUT2D eigenvalue weighted by Crippen LogP contribution is -2.22. The second-order valence-corrected chi connectivity index (χ2v) is 7.05. The van der Waals surface area contributed by atoms with Crippen LogP contribution in [0.2, 0.25) is 5.02 Å². The number of rotatable bonds is 7. The van der Waals surface area contributed by atoms with E-state index in [2.05, 4.69) is 5.10 Å². The second kappa shape index (κ2) is 9.59. The lowest BCUT2D eigenvalue weighted by atomic mass is 10.1. The number of esters is 1. The van der Waals surface area contributed by atoms with Crippen LogP contribution in [0.25, 0.3) is 11.3 Å². The highest BCUT2D eigenvalue weighted by molar-refractivity contribution is 8.00. The number of carbonyl (C=O) groups is 1. The molecular formula is C17H15ClF4N2O4S. The standard InChI is InChI=1S/C17H15ClF4N2O4S/c1-24-14(17(20,21)22)7-12(25)16(23-24)9-5-13(10(18)6-11(9)19)29-8-15(26)28-4-3-27-2/h5-7H,3-4,8H2,1-2H3. The van der Waals surface area contributed by atoms with E-state index in [0.717, 1.165) is 30.9 Å². The van der Waals surface area contributed by atoms with Crippen molar-refractivity contribution < 1.29 is 31.8 Å².